The highest BCUT2D eigenvalue weighted by atomic mass is 16.6. The summed E-state index contributed by atoms with van der Waals surface area (Å²) in [7, 11) is 1.92. The van der Waals surface area contributed by atoms with E-state index in [0.717, 1.165) is 6.42 Å². The maximum Gasteiger partial charge on any atom is 0.0693 e. The Morgan fingerprint density at radius 1 is 1.75 bits per heavy atom. The van der Waals surface area contributed by atoms with Crippen LogP contribution < -0.4 is 11.2 Å². The second-order valence-corrected chi connectivity index (χ2v) is 1.85. The lowest BCUT2D eigenvalue weighted by Gasteiger charge is -2.06. The SMILES string of the molecule is CNC(C)CCON. The molecule has 3 N–H and O–H groups in total. The van der Waals surface area contributed by atoms with E-state index in [1.807, 2.05) is 7.05 Å². The molecule has 0 rings (SSSR count). The standard InChI is InChI=1S/C5H14N2O/c1-5(7-2)3-4-8-6/h5,7H,3-4,6H2,1-2H3. The van der Waals surface area contributed by atoms with Gasteiger partial charge in [0.25, 0.3) is 0 Å². The summed E-state index contributed by atoms with van der Waals surface area (Å²) >= 11 is 0. The molecule has 0 aliphatic heterocycles. The largest absolute Gasteiger partial charge is 0.317 e. The minimum Gasteiger partial charge on any atom is -0.317 e. The number of hydrogen-bond acceptors (Lipinski definition) is 3. The predicted octanol–water partition coefficient (Wildman–Crippen LogP) is -0.125. The van der Waals surface area contributed by atoms with E-state index in [-0.39, 0.29) is 0 Å². The second kappa shape index (κ2) is 5.03. The molecule has 0 radical (unpaired) electrons. The summed E-state index contributed by atoms with van der Waals surface area (Å²) in [5.74, 6) is 4.80. The van der Waals surface area contributed by atoms with Crippen LogP contribution in [0.2, 0.25) is 0 Å². The van der Waals surface area contributed by atoms with Crippen molar-refractivity contribution in [2.75, 3.05) is 13.7 Å². The van der Waals surface area contributed by atoms with Crippen molar-refractivity contribution >= 4 is 0 Å². The molecule has 0 aromatic rings. The third-order valence-corrected chi connectivity index (χ3v) is 1.16. The summed E-state index contributed by atoms with van der Waals surface area (Å²) in [5, 5.41) is 3.06. The van der Waals surface area contributed by atoms with Crippen molar-refractivity contribution in [1.29, 1.82) is 0 Å². The highest BCUT2D eigenvalue weighted by Gasteiger charge is 1.94. The lowest BCUT2D eigenvalue weighted by atomic mass is 10.2. The fourth-order valence-corrected chi connectivity index (χ4v) is 0.389. The molecule has 0 saturated carbocycles. The summed E-state index contributed by atoms with van der Waals surface area (Å²) in [6.45, 7) is 2.71. The van der Waals surface area contributed by atoms with E-state index in [2.05, 4.69) is 17.1 Å². The molecule has 0 aromatic heterocycles. The molecule has 0 saturated heterocycles. The summed E-state index contributed by atoms with van der Waals surface area (Å²) in [4.78, 5) is 4.37. The topological polar surface area (TPSA) is 47.3 Å². The van der Waals surface area contributed by atoms with Gasteiger partial charge >= 0.3 is 0 Å². The zero-order valence-corrected chi connectivity index (χ0v) is 5.48. The van der Waals surface area contributed by atoms with E-state index < -0.39 is 0 Å². The summed E-state index contributed by atoms with van der Waals surface area (Å²) in [5.41, 5.74) is 0. The fraction of sp³-hybridized carbons (Fsp3) is 1.00. The smallest absolute Gasteiger partial charge is 0.0693 e. The quantitative estimate of drug-likeness (QED) is 0.506. The van der Waals surface area contributed by atoms with Crippen LogP contribution in [0.5, 0.6) is 0 Å². The zero-order valence-electron chi connectivity index (χ0n) is 5.48. The Morgan fingerprint density at radius 2 is 2.38 bits per heavy atom. The Hall–Kier alpha value is -0.120. The maximum atomic E-state index is 4.80. The third-order valence-electron chi connectivity index (χ3n) is 1.16. The average Bonchev–Trinajstić information content (AvgIpc) is 1.83. The summed E-state index contributed by atoms with van der Waals surface area (Å²) in [6, 6.07) is 0.499. The number of nitrogens with one attached hydrogen (secondary N) is 1. The van der Waals surface area contributed by atoms with Gasteiger partial charge in [0.15, 0.2) is 0 Å². The first-order valence-corrected chi connectivity index (χ1v) is 2.80. The molecule has 0 aliphatic rings. The van der Waals surface area contributed by atoms with Crippen molar-refractivity contribution in [2.24, 2.45) is 5.90 Å². The molecular weight excluding hydrogens is 104 g/mol. The van der Waals surface area contributed by atoms with Gasteiger partial charge in [0.1, 0.15) is 0 Å². The Kier molecular flexibility index (Phi) is 4.95. The molecule has 0 aliphatic carbocycles. The molecule has 0 heterocycles. The zero-order chi connectivity index (χ0) is 6.41. The molecule has 0 bridgehead atoms. The molecule has 1 unspecified atom stereocenters. The van der Waals surface area contributed by atoms with Crippen LogP contribution in [-0.4, -0.2) is 19.7 Å². The first-order valence-electron chi connectivity index (χ1n) is 2.80. The van der Waals surface area contributed by atoms with E-state index in [1.54, 1.807) is 0 Å². The Morgan fingerprint density at radius 3 is 2.75 bits per heavy atom. The van der Waals surface area contributed by atoms with Gasteiger partial charge < -0.3 is 10.2 Å². The molecule has 3 nitrogen and oxygen atoms in total. The minimum absolute atomic E-state index is 0.499. The van der Waals surface area contributed by atoms with Crippen LogP contribution in [0, 0.1) is 0 Å². The van der Waals surface area contributed by atoms with Crippen molar-refractivity contribution in [3.05, 3.63) is 0 Å². The van der Waals surface area contributed by atoms with Crippen molar-refractivity contribution in [3.8, 4) is 0 Å². The lowest BCUT2D eigenvalue weighted by molar-refractivity contribution is 0.129. The van der Waals surface area contributed by atoms with E-state index in [0.29, 0.717) is 12.6 Å². The van der Waals surface area contributed by atoms with Crippen LogP contribution in [0.25, 0.3) is 0 Å². The molecule has 8 heavy (non-hydrogen) atoms. The van der Waals surface area contributed by atoms with Gasteiger partial charge in [-0.2, -0.15) is 0 Å². The monoisotopic (exact) mass is 118 g/mol. The molecular formula is C5H14N2O. The van der Waals surface area contributed by atoms with Crippen LogP contribution in [-0.2, 0) is 4.84 Å². The van der Waals surface area contributed by atoms with Crippen LogP contribution in [0.4, 0.5) is 0 Å². The Bertz CT molecular complexity index is 49.7. The van der Waals surface area contributed by atoms with Crippen molar-refractivity contribution < 1.29 is 4.84 Å². The van der Waals surface area contributed by atoms with Gasteiger partial charge in [-0.25, -0.2) is 5.90 Å². The van der Waals surface area contributed by atoms with Gasteiger partial charge in [-0.05, 0) is 20.4 Å². The molecule has 0 fully saturated rings. The molecule has 50 valence electrons. The lowest BCUT2D eigenvalue weighted by Crippen LogP contribution is -2.23. The first kappa shape index (κ1) is 7.88. The molecule has 1 atom stereocenters. The Balaban J connectivity index is 2.86. The van der Waals surface area contributed by atoms with Crippen molar-refractivity contribution in [2.45, 2.75) is 19.4 Å². The third kappa shape index (κ3) is 4.05. The fourth-order valence-electron chi connectivity index (χ4n) is 0.389. The van der Waals surface area contributed by atoms with Gasteiger partial charge in [0.05, 0.1) is 6.61 Å². The minimum atomic E-state index is 0.499. The normalized spacial score (nSPS) is 13.9. The first-order chi connectivity index (χ1) is 3.81. The van der Waals surface area contributed by atoms with E-state index >= 15 is 0 Å². The van der Waals surface area contributed by atoms with Gasteiger partial charge in [0.2, 0.25) is 0 Å². The molecule has 0 spiro atoms. The highest BCUT2D eigenvalue weighted by Crippen LogP contribution is 1.86. The number of nitrogens with two attached hydrogens (primary N) is 1. The van der Waals surface area contributed by atoms with Crippen molar-refractivity contribution in [1.82, 2.24) is 5.32 Å². The molecule has 3 heteroatoms. The molecule has 0 aromatic carbocycles. The van der Waals surface area contributed by atoms with E-state index in [9.17, 15) is 0 Å². The van der Waals surface area contributed by atoms with Crippen LogP contribution in [0.15, 0.2) is 0 Å². The van der Waals surface area contributed by atoms with Crippen LogP contribution in [0.3, 0.4) is 0 Å². The van der Waals surface area contributed by atoms with Crippen LogP contribution >= 0.6 is 0 Å². The van der Waals surface area contributed by atoms with Gasteiger partial charge in [-0.15, -0.1) is 0 Å². The highest BCUT2D eigenvalue weighted by molar-refractivity contribution is 4.53. The number of hydrogen-bond donors (Lipinski definition) is 2. The van der Waals surface area contributed by atoms with Crippen molar-refractivity contribution in [3.63, 3.8) is 0 Å². The Labute approximate surface area is 50.2 Å². The number of rotatable bonds is 4. The van der Waals surface area contributed by atoms with Crippen LogP contribution in [0.1, 0.15) is 13.3 Å². The average molecular weight is 118 g/mol. The second-order valence-electron chi connectivity index (χ2n) is 1.85. The van der Waals surface area contributed by atoms with E-state index in [1.165, 1.54) is 0 Å². The molecule has 0 amide bonds. The summed E-state index contributed by atoms with van der Waals surface area (Å²) in [6.07, 6.45) is 0.965. The maximum absolute atomic E-state index is 4.80. The van der Waals surface area contributed by atoms with Gasteiger partial charge in [-0.1, -0.05) is 0 Å². The van der Waals surface area contributed by atoms with Gasteiger partial charge in [-0.3, -0.25) is 0 Å². The predicted molar refractivity (Wildman–Crippen MR) is 33.3 cm³/mol. The summed E-state index contributed by atoms with van der Waals surface area (Å²) < 4.78 is 0. The van der Waals surface area contributed by atoms with E-state index in [4.69, 9.17) is 5.90 Å². The van der Waals surface area contributed by atoms with Gasteiger partial charge in [0, 0.05) is 6.04 Å².